The zero-order valence-corrected chi connectivity index (χ0v) is 14.5. The minimum atomic E-state index is -0.596. The molecule has 2 aromatic rings. The summed E-state index contributed by atoms with van der Waals surface area (Å²) in [6, 6.07) is 11.6. The highest BCUT2D eigenvalue weighted by Gasteiger charge is 2.38. The van der Waals surface area contributed by atoms with E-state index in [1.165, 1.54) is 12.5 Å². The number of anilines is 1. The van der Waals surface area contributed by atoms with Crippen molar-refractivity contribution in [1.82, 2.24) is 5.32 Å². The second-order valence-electron chi connectivity index (χ2n) is 6.56. The Morgan fingerprint density at radius 1 is 1.08 bits per heavy atom. The van der Waals surface area contributed by atoms with Gasteiger partial charge in [0.15, 0.2) is 0 Å². The average molecular weight is 322 g/mol. The number of aryl methyl sites for hydroxylation is 3. The van der Waals surface area contributed by atoms with E-state index in [9.17, 15) is 9.59 Å². The molecule has 0 saturated carbocycles. The molecule has 0 unspecified atom stereocenters. The average Bonchev–Trinajstić information content (AvgIpc) is 2.75. The monoisotopic (exact) mass is 322 g/mol. The molecule has 0 fully saturated rings. The van der Waals surface area contributed by atoms with E-state index in [1.54, 1.807) is 4.90 Å². The Kier molecular flexibility index (Phi) is 4.14. The van der Waals surface area contributed by atoms with Gasteiger partial charge in [0, 0.05) is 12.5 Å². The first-order valence-corrected chi connectivity index (χ1v) is 8.12. The van der Waals surface area contributed by atoms with Gasteiger partial charge in [0.25, 0.3) is 5.91 Å². The van der Waals surface area contributed by atoms with Crippen LogP contribution in [0.4, 0.5) is 5.69 Å². The van der Waals surface area contributed by atoms with Crippen LogP contribution in [0.1, 0.15) is 40.8 Å². The van der Waals surface area contributed by atoms with Crippen LogP contribution in [-0.4, -0.2) is 11.8 Å². The van der Waals surface area contributed by atoms with Gasteiger partial charge in [-0.05, 0) is 31.9 Å². The van der Waals surface area contributed by atoms with Gasteiger partial charge in [0.2, 0.25) is 5.91 Å². The molecule has 0 aromatic heterocycles. The minimum absolute atomic E-state index is 0.0746. The number of carbonyl (C=O) groups is 2. The van der Waals surface area contributed by atoms with Crippen molar-refractivity contribution in [1.29, 1.82) is 0 Å². The third-order valence-corrected chi connectivity index (χ3v) is 4.38. The first-order chi connectivity index (χ1) is 11.4. The second-order valence-corrected chi connectivity index (χ2v) is 6.56. The van der Waals surface area contributed by atoms with Crippen molar-refractivity contribution in [2.45, 2.75) is 40.3 Å². The number of nitrogens with one attached hydrogen (secondary N) is 1. The molecule has 1 aliphatic rings. The molecule has 0 aliphatic carbocycles. The van der Waals surface area contributed by atoms with Crippen LogP contribution < -0.4 is 10.2 Å². The molecule has 124 valence electrons. The molecule has 0 spiro atoms. The Hall–Kier alpha value is -2.62. The summed E-state index contributed by atoms with van der Waals surface area (Å²) in [6.45, 7) is 8.01. The number of fused-ring (bicyclic) bond motifs is 1. The van der Waals surface area contributed by atoms with Gasteiger partial charge in [0.05, 0.1) is 12.2 Å². The Labute approximate surface area is 142 Å². The topological polar surface area (TPSA) is 49.4 Å². The molecule has 1 N–H and O–H groups in total. The molecular weight excluding hydrogens is 300 g/mol. The summed E-state index contributed by atoms with van der Waals surface area (Å²) in [4.78, 5) is 26.3. The van der Waals surface area contributed by atoms with E-state index in [0.29, 0.717) is 6.54 Å². The maximum atomic E-state index is 12.9. The van der Waals surface area contributed by atoms with Gasteiger partial charge in [-0.1, -0.05) is 47.5 Å². The predicted octanol–water partition coefficient (Wildman–Crippen LogP) is 3.34. The number of hydrogen-bond donors (Lipinski definition) is 1. The minimum Gasteiger partial charge on any atom is -0.341 e. The highest BCUT2D eigenvalue weighted by Crippen LogP contribution is 2.40. The van der Waals surface area contributed by atoms with Crippen LogP contribution in [-0.2, 0) is 16.1 Å². The summed E-state index contributed by atoms with van der Waals surface area (Å²) in [5.74, 6) is -0.273. The summed E-state index contributed by atoms with van der Waals surface area (Å²) in [6.07, 6.45) is 0. The third kappa shape index (κ3) is 2.92. The number of nitrogens with zero attached hydrogens (tertiary/aromatic N) is 1. The number of rotatable bonds is 3. The van der Waals surface area contributed by atoms with Gasteiger partial charge in [-0.25, -0.2) is 0 Å². The Morgan fingerprint density at radius 2 is 1.75 bits per heavy atom. The smallest absolute Gasteiger partial charge is 0.254 e. The summed E-state index contributed by atoms with van der Waals surface area (Å²) in [5.41, 5.74) is 6.22. The van der Waals surface area contributed by atoms with Crippen molar-refractivity contribution in [2.75, 3.05) is 4.90 Å². The van der Waals surface area contributed by atoms with Crippen LogP contribution in [0.3, 0.4) is 0 Å². The molecule has 1 heterocycles. The molecule has 4 nitrogen and oxygen atoms in total. The quantitative estimate of drug-likeness (QED) is 0.942. The fraction of sp³-hybridized carbons (Fsp3) is 0.300. The van der Waals surface area contributed by atoms with Crippen molar-refractivity contribution >= 4 is 17.5 Å². The molecule has 3 rings (SSSR count). The van der Waals surface area contributed by atoms with E-state index >= 15 is 0 Å². The summed E-state index contributed by atoms with van der Waals surface area (Å²) >= 11 is 0. The van der Waals surface area contributed by atoms with Crippen molar-refractivity contribution in [3.63, 3.8) is 0 Å². The van der Waals surface area contributed by atoms with Gasteiger partial charge in [-0.3, -0.25) is 9.59 Å². The van der Waals surface area contributed by atoms with Crippen LogP contribution >= 0.6 is 0 Å². The number of hydrogen-bond acceptors (Lipinski definition) is 2. The summed E-state index contributed by atoms with van der Waals surface area (Å²) in [7, 11) is 0. The zero-order valence-electron chi connectivity index (χ0n) is 14.5. The number of benzene rings is 2. The summed E-state index contributed by atoms with van der Waals surface area (Å²) < 4.78 is 0. The Bertz CT molecular complexity index is 809. The van der Waals surface area contributed by atoms with E-state index in [2.05, 4.69) is 11.4 Å². The lowest BCUT2D eigenvalue weighted by atomic mass is 10.0. The summed E-state index contributed by atoms with van der Waals surface area (Å²) in [5, 5.41) is 2.80. The zero-order chi connectivity index (χ0) is 17.4. The van der Waals surface area contributed by atoms with Gasteiger partial charge in [-0.2, -0.15) is 0 Å². The second kappa shape index (κ2) is 6.11. The number of amides is 2. The molecule has 1 aliphatic heterocycles. The van der Waals surface area contributed by atoms with Gasteiger partial charge >= 0.3 is 0 Å². The maximum Gasteiger partial charge on any atom is 0.254 e. The first kappa shape index (κ1) is 16.2. The van der Waals surface area contributed by atoms with Crippen molar-refractivity contribution in [3.05, 3.63) is 64.2 Å². The standard InChI is InChI=1S/C20H22N2O2/c1-12-5-7-16(8-6-12)11-22-19-14(3)9-13(2)10-17(19)18(20(22)24)21-15(4)23/h5-10,18H,11H2,1-4H3,(H,21,23)/t18-/m1/s1. The molecule has 2 aromatic carbocycles. The van der Waals surface area contributed by atoms with Crippen LogP contribution in [0.15, 0.2) is 36.4 Å². The third-order valence-electron chi connectivity index (χ3n) is 4.38. The van der Waals surface area contributed by atoms with Crippen molar-refractivity contribution in [3.8, 4) is 0 Å². The lowest BCUT2D eigenvalue weighted by Gasteiger charge is -2.20. The molecule has 0 radical (unpaired) electrons. The molecule has 1 atom stereocenters. The molecule has 0 bridgehead atoms. The normalized spacial score (nSPS) is 16.2. The van der Waals surface area contributed by atoms with Gasteiger partial charge in [0.1, 0.15) is 6.04 Å². The van der Waals surface area contributed by atoms with Crippen LogP contribution in [0.25, 0.3) is 0 Å². The lowest BCUT2D eigenvalue weighted by molar-refractivity contribution is -0.126. The van der Waals surface area contributed by atoms with E-state index in [1.807, 2.05) is 51.1 Å². The first-order valence-electron chi connectivity index (χ1n) is 8.12. The largest absolute Gasteiger partial charge is 0.341 e. The van der Waals surface area contributed by atoms with Crippen LogP contribution in [0, 0.1) is 20.8 Å². The van der Waals surface area contributed by atoms with E-state index in [4.69, 9.17) is 0 Å². The lowest BCUT2D eigenvalue weighted by Crippen LogP contribution is -2.36. The van der Waals surface area contributed by atoms with Crippen LogP contribution in [0.5, 0.6) is 0 Å². The van der Waals surface area contributed by atoms with E-state index in [0.717, 1.165) is 27.9 Å². The van der Waals surface area contributed by atoms with Crippen molar-refractivity contribution in [2.24, 2.45) is 0 Å². The predicted molar refractivity (Wildman–Crippen MR) is 94.8 cm³/mol. The molecular formula is C20H22N2O2. The Morgan fingerprint density at radius 3 is 2.38 bits per heavy atom. The van der Waals surface area contributed by atoms with Crippen LogP contribution in [0.2, 0.25) is 0 Å². The van der Waals surface area contributed by atoms with E-state index in [-0.39, 0.29) is 11.8 Å². The highest BCUT2D eigenvalue weighted by atomic mass is 16.2. The maximum absolute atomic E-state index is 12.9. The molecule has 0 saturated heterocycles. The Balaban J connectivity index is 2.03. The number of carbonyl (C=O) groups excluding carboxylic acids is 2. The molecule has 24 heavy (non-hydrogen) atoms. The fourth-order valence-corrected chi connectivity index (χ4v) is 3.36. The SMILES string of the molecule is CC(=O)N[C@H]1C(=O)N(Cc2ccc(C)cc2)c2c(C)cc(C)cc21. The molecule has 2 amide bonds. The van der Waals surface area contributed by atoms with Crippen molar-refractivity contribution < 1.29 is 9.59 Å². The van der Waals surface area contributed by atoms with Gasteiger partial charge in [-0.15, -0.1) is 0 Å². The van der Waals surface area contributed by atoms with Gasteiger partial charge < -0.3 is 10.2 Å². The highest BCUT2D eigenvalue weighted by molar-refractivity contribution is 6.06. The molecule has 4 heteroatoms. The van der Waals surface area contributed by atoms with E-state index < -0.39 is 6.04 Å². The fourth-order valence-electron chi connectivity index (χ4n) is 3.36.